The SMILES string of the molecule is O=C(O)c1cn(CCC2CCN(CCC3CCCCC3)CC2)c2c(cnc3ccc(O)cc32)c1=O. The Kier molecular flexibility index (Phi) is 7.04. The molecule has 3 aromatic rings. The lowest BCUT2D eigenvalue weighted by Gasteiger charge is -2.33. The molecule has 0 radical (unpaired) electrons. The lowest BCUT2D eigenvalue weighted by Crippen LogP contribution is -2.35. The van der Waals surface area contributed by atoms with Crippen molar-refractivity contribution in [2.75, 3.05) is 19.6 Å². The highest BCUT2D eigenvalue weighted by molar-refractivity contribution is 6.05. The number of aromatic carboxylic acids is 1. The smallest absolute Gasteiger partial charge is 0.341 e. The maximum absolute atomic E-state index is 12.9. The van der Waals surface area contributed by atoms with E-state index >= 15 is 0 Å². The molecule has 2 aliphatic rings. The number of phenolic OH excluding ortho intramolecular Hbond substituents is 1. The molecule has 0 bridgehead atoms. The first-order chi connectivity index (χ1) is 17.0. The van der Waals surface area contributed by atoms with Crippen LogP contribution in [0.25, 0.3) is 21.8 Å². The van der Waals surface area contributed by atoms with E-state index in [0.29, 0.717) is 28.9 Å². The van der Waals surface area contributed by atoms with Gasteiger partial charge < -0.3 is 19.7 Å². The zero-order chi connectivity index (χ0) is 24.4. The summed E-state index contributed by atoms with van der Waals surface area (Å²) in [5.74, 6) is 0.356. The molecule has 7 heteroatoms. The van der Waals surface area contributed by atoms with Crippen molar-refractivity contribution in [3.63, 3.8) is 0 Å². The second kappa shape index (κ2) is 10.4. The normalized spacial score (nSPS) is 18.4. The molecule has 7 nitrogen and oxygen atoms in total. The highest BCUT2D eigenvalue weighted by atomic mass is 16.4. The van der Waals surface area contributed by atoms with Crippen LogP contribution in [0.2, 0.25) is 0 Å². The Hall–Kier alpha value is -2.93. The molecule has 1 aliphatic carbocycles. The monoisotopic (exact) mass is 477 g/mol. The number of carboxylic acids is 1. The maximum Gasteiger partial charge on any atom is 0.341 e. The third-order valence-electron chi connectivity index (χ3n) is 8.18. The van der Waals surface area contributed by atoms with Gasteiger partial charge in [0.25, 0.3) is 0 Å². The van der Waals surface area contributed by atoms with E-state index in [4.69, 9.17) is 0 Å². The number of pyridine rings is 2. The topological polar surface area (TPSA) is 95.7 Å². The Morgan fingerprint density at radius 2 is 1.69 bits per heavy atom. The van der Waals surface area contributed by atoms with Crippen LogP contribution < -0.4 is 5.43 Å². The molecule has 0 unspecified atom stereocenters. The van der Waals surface area contributed by atoms with Crippen molar-refractivity contribution in [1.29, 1.82) is 0 Å². The van der Waals surface area contributed by atoms with Gasteiger partial charge in [0.15, 0.2) is 0 Å². The summed E-state index contributed by atoms with van der Waals surface area (Å²) in [6.45, 7) is 4.09. The first kappa shape index (κ1) is 23.8. The number of piperidine rings is 1. The summed E-state index contributed by atoms with van der Waals surface area (Å²) in [4.78, 5) is 31.6. The van der Waals surface area contributed by atoms with Crippen LogP contribution in [0.4, 0.5) is 0 Å². The quantitative estimate of drug-likeness (QED) is 0.464. The average Bonchev–Trinajstić information content (AvgIpc) is 2.88. The summed E-state index contributed by atoms with van der Waals surface area (Å²) in [6.07, 6.45) is 14.5. The Bertz CT molecular complexity index is 1270. The minimum Gasteiger partial charge on any atom is -0.508 e. The van der Waals surface area contributed by atoms with Gasteiger partial charge in [-0.1, -0.05) is 32.1 Å². The highest BCUT2D eigenvalue weighted by Gasteiger charge is 2.22. The highest BCUT2D eigenvalue weighted by Crippen LogP contribution is 2.29. The molecule has 1 aromatic carbocycles. The van der Waals surface area contributed by atoms with E-state index in [2.05, 4.69) is 9.88 Å². The van der Waals surface area contributed by atoms with Gasteiger partial charge in [0.1, 0.15) is 11.3 Å². The molecule has 0 spiro atoms. The molecule has 0 amide bonds. The molecule has 1 saturated carbocycles. The van der Waals surface area contributed by atoms with Crippen molar-refractivity contribution in [2.24, 2.45) is 11.8 Å². The van der Waals surface area contributed by atoms with Crippen molar-refractivity contribution in [3.05, 3.63) is 46.4 Å². The summed E-state index contributed by atoms with van der Waals surface area (Å²) in [6, 6.07) is 4.89. The van der Waals surface area contributed by atoms with Crippen LogP contribution in [0, 0.1) is 11.8 Å². The summed E-state index contributed by atoms with van der Waals surface area (Å²) >= 11 is 0. The largest absolute Gasteiger partial charge is 0.508 e. The molecule has 0 atom stereocenters. The van der Waals surface area contributed by atoms with Crippen molar-refractivity contribution in [3.8, 4) is 5.75 Å². The maximum atomic E-state index is 12.9. The van der Waals surface area contributed by atoms with Crippen LogP contribution in [0.15, 0.2) is 35.4 Å². The second-order valence-electron chi connectivity index (χ2n) is 10.5. The van der Waals surface area contributed by atoms with Gasteiger partial charge in [-0.25, -0.2) is 4.79 Å². The minimum absolute atomic E-state index is 0.0914. The van der Waals surface area contributed by atoms with Gasteiger partial charge in [0.2, 0.25) is 5.43 Å². The number of phenols is 1. The van der Waals surface area contributed by atoms with Crippen molar-refractivity contribution < 1.29 is 15.0 Å². The number of aromatic nitrogens is 2. The van der Waals surface area contributed by atoms with E-state index in [1.54, 1.807) is 18.2 Å². The number of likely N-dealkylation sites (tertiary alicyclic amines) is 1. The Morgan fingerprint density at radius 1 is 0.971 bits per heavy atom. The van der Waals surface area contributed by atoms with Crippen LogP contribution in [0.3, 0.4) is 0 Å². The van der Waals surface area contributed by atoms with Gasteiger partial charge >= 0.3 is 5.97 Å². The summed E-state index contributed by atoms with van der Waals surface area (Å²) in [5, 5.41) is 20.6. The molecule has 1 saturated heterocycles. The molecule has 186 valence electrons. The summed E-state index contributed by atoms with van der Waals surface area (Å²) in [5.41, 5.74) is 0.535. The fourth-order valence-corrected chi connectivity index (χ4v) is 6.06. The number of aromatic hydroxyl groups is 1. The fraction of sp³-hybridized carbons (Fsp3) is 0.536. The van der Waals surface area contributed by atoms with Gasteiger partial charge in [0, 0.05) is 24.3 Å². The summed E-state index contributed by atoms with van der Waals surface area (Å²) in [7, 11) is 0. The molecule has 2 N–H and O–H groups in total. The average molecular weight is 478 g/mol. The van der Waals surface area contributed by atoms with E-state index in [9.17, 15) is 19.8 Å². The standard InChI is InChI=1S/C28H35N3O4/c32-21-6-7-25-22(16-21)26-23(17-29-25)27(33)24(28(34)35)18-31(26)15-11-20-9-13-30(14-10-20)12-8-19-4-2-1-3-5-19/h6-7,16-20,32H,1-5,8-15H2,(H,34,35). The predicted octanol–water partition coefficient (Wildman–Crippen LogP) is 5.03. The first-order valence-corrected chi connectivity index (χ1v) is 13.1. The molecule has 5 rings (SSSR count). The molecule has 2 fully saturated rings. The van der Waals surface area contributed by atoms with E-state index in [1.807, 2.05) is 4.57 Å². The molecule has 35 heavy (non-hydrogen) atoms. The predicted molar refractivity (Wildman–Crippen MR) is 137 cm³/mol. The third-order valence-corrected chi connectivity index (χ3v) is 8.18. The van der Waals surface area contributed by atoms with Gasteiger partial charge in [-0.05, 0) is 75.4 Å². The number of aryl methyl sites for hydroxylation is 1. The lowest BCUT2D eigenvalue weighted by molar-refractivity contribution is 0.0694. The van der Waals surface area contributed by atoms with Crippen LogP contribution in [-0.4, -0.2) is 50.3 Å². The molecule has 1 aliphatic heterocycles. The van der Waals surface area contributed by atoms with E-state index < -0.39 is 11.4 Å². The van der Waals surface area contributed by atoms with Crippen LogP contribution in [-0.2, 0) is 6.54 Å². The molecular formula is C28H35N3O4. The van der Waals surface area contributed by atoms with Crippen LogP contribution >= 0.6 is 0 Å². The van der Waals surface area contributed by atoms with Crippen LogP contribution in [0.5, 0.6) is 5.75 Å². The molecule has 2 aromatic heterocycles. The number of nitrogens with zero attached hydrogens (tertiary/aromatic N) is 3. The van der Waals surface area contributed by atoms with Gasteiger partial charge in [-0.2, -0.15) is 0 Å². The third kappa shape index (κ3) is 5.20. The van der Waals surface area contributed by atoms with Crippen LogP contribution in [0.1, 0.15) is 68.1 Å². The zero-order valence-electron chi connectivity index (χ0n) is 20.3. The molecule has 3 heterocycles. The molecular weight excluding hydrogens is 442 g/mol. The fourth-order valence-electron chi connectivity index (χ4n) is 6.06. The van der Waals surface area contributed by atoms with Gasteiger partial charge in [-0.3, -0.25) is 9.78 Å². The first-order valence-electron chi connectivity index (χ1n) is 13.1. The summed E-state index contributed by atoms with van der Waals surface area (Å²) < 4.78 is 1.89. The van der Waals surface area contributed by atoms with E-state index in [1.165, 1.54) is 57.5 Å². The number of rotatable bonds is 7. The van der Waals surface area contributed by atoms with Gasteiger partial charge in [-0.15, -0.1) is 0 Å². The Morgan fingerprint density at radius 3 is 2.43 bits per heavy atom. The number of carboxylic acid groups (broad SMARTS) is 1. The lowest BCUT2D eigenvalue weighted by atomic mass is 9.86. The van der Waals surface area contributed by atoms with E-state index in [-0.39, 0.29) is 16.7 Å². The zero-order valence-corrected chi connectivity index (χ0v) is 20.3. The van der Waals surface area contributed by atoms with Crippen molar-refractivity contribution >= 4 is 27.8 Å². The van der Waals surface area contributed by atoms with Gasteiger partial charge in [0.05, 0.1) is 16.4 Å². The second-order valence-corrected chi connectivity index (χ2v) is 10.5. The number of benzene rings is 1. The minimum atomic E-state index is -1.23. The number of fused-ring (bicyclic) bond motifs is 3. The van der Waals surface area contributed by atoms with E-state index in [0.717, 1.165) is 38.3 Å². The Balaban J connectivity index is 1.31. The Labute approximate surface area is 205 Å². The number of hydrogen-bond acceptors (Lipinski definition) is 5. The number of hydrogen-bond donors (Lipinski definition) is 2. The number of carbonyl (C=O) groups is 1. The van der Waals surface area contributed by atoms with Crippen molar-refractivity contribution in [2.45, 2.75) is 64.3 Å². The van der Waals surface area contributed by atoms with Crippen molar-refractivity contribution in [1.82, 2.24) is 14.5 Å².